The van der Waals surface area contributed by atoms with E-state index in [9.17, 15) is 8.42 Å². The van der Waals surface area contributed by atoms with Crippen molar-refractivity contribution >= 4 is 10.2 Å². The Morgan fingerprint density at radius 1 is 1.47 bits per heavy atom. The van der Waals surface area contributed by atoms with Crippen molar-refractivity contribution in [3.05, 3.63) is 18.2 Å². The van der Waals surface area contributed by atoms with Gasteiger partial charge in [-0.05, 0) is 12.3 Å². The summed E-state index contributed by atoms with van der Waals surface area (Å²) in [7, 11) is -3.47. The zero-order chi connectivity index (χ0) is 12.9. The highest BCUT2D eigenvalue weighted by molar-refractivity contribution is 7.87. The molecular formula is C10H20N4O2S. The van der Waals surface area contributed by atoms with Crippen molar-refractivity contribution < 1.29 is 8.42 Å². The number of nitrogens with one attached hydrogen (secondary N) is 3. The Morgan fingerprint density at radius 3 is 2.65 bits per heavy atom. The SMILES string of the molecule is CCC(NS(=O)(=O)NCC(C)C)c1ncc[nH]1. The molecule has 1 unspecified atom stereocenters. The Morgan fingerprint density at radius 2 is 2.18 bits per heavy atom. The number of imidazole rings is 1. The Balaban J connectivity index is 2.62. The van der Waals surface area contributed by atoms with Crippen LogP contribution in [0.1, 0.15) is 39.1 Å². The van der Waals surface area contributed by atoms with E-state index in [1.54, 1.807) is 12.4 Å². The predicted octanol–water partition coefficient (Wildman–Crippen LogP) is 0.941. The molecule has 0 fully saturated rings. The standard InChI is InChI=1S/C10H20N4O2S/c1-4-9(10-11-5-6-12-10)14-17(15,16)13-7-8(2)3/h5-6,8-9,13-14H,4,7H2,1-3H3,(H,11,12). The highest BCUT2D eigenvalue weighted by Gasteiger charge is 2.19. The van der Waals surface area contributed by atoms with Crippen LogP contribution in [0.4, 0.5) is 0 Å². The molecule has 0 bridgehead atoms. The fourth-order valence-corrected chi connectivity index (χ4v) is 2.59. The van der Waals surface area contributed by atoms with Crippen LogP contribution in [0, 0.1) is 5.92 Å². The predicted molar refractivity (Wildman–Crippen MR) is 66.5 cm³/mol. The number of hydrogen-bond donors (Lipinski definition) is 3. The van der Waals surface area contributed by atoms with E-state index in [4.69, 9.17) is 0 Å². The van der Waals surface area contributed by atoms with Crippen molar-refractivity contribution in [1.29, 1.82) is 0 Å². The highest BCUT2D eigenvalue weighted by Crippen LogP contribution is 2.12. The molecule has 0 amide bonds. The second-order valence-electron chi connectivity index (χ2n) is 4.30. The molecule has 1 aromatic rings. The Kier molecular flexibility index (Phi) is 5.10. The van der Waals surface area contributed by atoms with E-state index < -0.39 is 10.2 Å². The first-order valence-corrected chi connectivity index (χ1v) is 7.19. The van der Waals surface area contributed by atoms with Crippen molar-refractivity contribution in [3.63, 3.8) is 0 Å². The topological polar surface area (TPSA) is 86.9 Å². The summed E-state index contributed by atoms with van der Waals surface area (Å²) in [5.41, 5.74) is 0. The first kappa shape index (κ1) is 14.1. The van der Waals surface area contributed by atoms with Crippen LogP contribution in [0.25, 0.3) is 0 Å². The third kappa shape index (κ3) is 4.84. The molecule has 3 N–H and O–H groups in total. The van der Waals surface area contributed by atoms with Crippen LogP contribution >= 0.6 is 0 Å². The van der Waals surface area contributed by atoms with E-state index in [2.05, 4.69) is 19.4 Å². The van der Waals surface area contributed by atoms with Crippen molar-refractivity contribution in [2.75, 3.05) is 6.54 Å². The summed E-state index contributed by atoms with van der Waals surface area (Å²) in [5, 5.41) is 0. The van der Waals surface area contributed by atoms with Crippen LogP contribution in [0.15, 0.2) is 12.4 Å². The smallest absolute Gasteiger partial charge is 0.277 e. The lowest BCUT2D eigenvalue weighted by Gasteiger charge is -2.16. The maximum absolute atomic E-state index is 11.7. The molecule has 0 aromatic carbocycles. The minimum Gasteiger partial charge on any atom is -0.347 e. The lowest BCUT2D eigenvalue weighted by molar-refractivity contribution is 0.516. The monoisotopic (exact) mass is 260 g/mol. The van der Waals surface area contributed by atoms with Gasteiger partial charge < -0.3 is 4.98 Å². The summed E-state index contributed by atoms with van der Waals surface area (Å²) >= 11 is 0. The van der Waals surface area contributed by atoms with E-state index in [0.29, 0.717) is 18.8 Å². The lowest BCUT2D eigenvalue weighted by atomic mass is 10.2. The molecule has 98 valence electrons. The van der Waals surface area contributed by atoms with Crippen LogP contribution in [-0.4, -0.2) is 24.9 Å². The number of rotatable bonds is 7. The van der Waals surface area contributed by atoms with Gasteiger partial charge in [-0.15, -0.1) is 0 Å². The molecule has 1 heterocycles. The zero-order valence-corrected chi connectivity index (χ0v) is 11.2. The second kappa shape index (κ2) is 6.13. The molecule has 1 aromatic heterocycles. The number of aromatic amines is 1. The maximum atomic E-state index is 11.7. The molecule has 1 atom stereocenters. The number of H-pyrrole nitrogens is 1. The van der Waals surface area contributed by atoms with Gasteiger partial charge in [-0.1, -0.05) is 20.8 Å². The van der Waals surface area contributed by atoms with E-state index in [-0.39, 0.29) is 12.0 Å². The van der Waals surface area contributed by atoms with E-state index >= 15 is 0 Å². The van der Waals surface area contributed by atoms with Crippen LogP contribution in [0.2, 0.25) is 0 Å². The minimum atomic E-state index is -3.47. The molecule has 7 heteroatoms. The third-order valence-corrected chi connectivity index (χ3v) is 3.38. The van der Waals surface area contributed by atoms with Crippen LogP contribution < -0.4 is 9.44 Å². The molecule has 1 rings (SSSR count). The molecular weight excluding hydrogens is 240 g/mol. The van der Waals surface area contributed by atoms with Crippen molar-refractivity contribution in [1.82, 2.24) is 19.4 Å². The second-order valence-corrected chi connectivity index (χ2v) is 5.83. The molecule has 6 nitrogen and oxygen atoms in total. The van der Waals surface area contributed by atoms with Gasteiger partial charge >= 0.3 is 0 Å². The van der Waals surface area contributed by atoms with E-state index in [0.717, 1.165) is 0 Å². The largest absolute Gasteiger partial charge is 0.347 e. The van der Waals surface area contributed by atoms with E-state index in [1.165, 1.54) is 0 Å². The number of nitrogens with zero attached hydrogens (tertiary/aromatic N) is 1. The minimum absolute atomic E-state index is 0.273. The average Bonchev–Trinajstić information content (AvgIpc) is 2.77. The van der Waals surface area contributed by atoms with E-state index in [1.807, 2.05) is 20.8 Å². The van der Waals surface area contributed by atoms with Gasteiger partial charge in [0.1, 0.15) is 5.82 Å². The Labute approximate surface area is 102 Å². The van der Waals surface area contributed by atoms with Gasteiger partial charge in [0.05, 0.1) is 6.04 Å². The van der Waals surface area contributed by atoms with Crippen molar-refractivity contribution in [3.8, 4) is 0 Å². The quantitative estimate of drug-likeness (QED) is 0.682. The summed E-state index contributed by atoms with van der Waals surface area (Å²) in [5.74, 6) is 0.901. The highest BCUT2D eigenvalue weighted by atomic mass is 32.2. The summed E-state index contributed by atoms with van der Waals surface area (Å²) in [6.45, 7) is 6.22. The molecule has 0 saturated carbocycles. The van der Waals surface area contributed by atoms with Gasteiger partial charge in [-0.2, -0.15) is 13.1 Å². The van der Waals surface area contributed by atoms with Gasteiger partial charge in [0.2, 0.25) is 0 Å². The number of aromatic nitrogens is 2. The summed E-state index contributed by atoms with van der Waals surface area (Å²) in [4.78, 5) is 6.97. The lowest BCUT2D eigenvalue weighted by Crippen LogP contribution is -2.40. The summed E-state index contributed by atoms with van der Waals surface area (Å²) < 4.78 is 28.5. The molecule has 0 saturated heterocycles. The molecule has 0 aliphatic carbocycles. The fourth-order valence-electron chi connectivity index (χ4n) is 1.31. The van der Waals surface area contributed by atoms with Gasteiger partial charge in [-0.3, -0.25) is 0 Å². The third-order valence-electron chi connectivity index (χ3n) is 2.24. The molecule has 17 heavy (non-hydrogen) atoms. The first-order valence-electron chi connectivity index (χ1n) is 5.70. The van der Waals surface area contributed by atoms with Crippen molar-refractivity contribution in [2.45, 2.75) is 33.2 Å². The number of hydrogen-bond acceptors (Lipinski definition) is 3. The molecule has 0 aliphatic rings. The average molecular weight is 260 g/mol. The van der Waals surface area contributed by atoms with Crippen LogP contribution in [0.3, 0.4) is 0 Å². The molecule has 0 aliphatic heterocycles. The van der Waals surface area contributed by atoms with Gasteiger partial charge in [0.25, 0.3) is 10.2 Å². The molecule has 0 spiro atoms. The van der Waals surface area contributed by atoms with Gasteiger partial charge in [-0.25, -0.2) is 9.71 Å². The molecule has 0 radical (unpaired) electrons. The summed E-state index contributed by atoms with van der Waals surface area (Å²) in [6, 6.07) is -0.324. The Bertz CT molecular complexity index is 414. The normalized spacial score (nSPS) is 14.1. The van der Waals surface area contributed by atoms with Crippen molar-refractivity contribution in [2.24, 2.45) is 5.92 Å². The summed E-state index contributed by atoms with van der Waals surface area (Å²) in [6.07, 6.45) is 3.91. The Hall–Kier alpha value is -0.920. The maximum Gasteiger partial charge on any atom is 0.277 e. The van der Waals surface area contributed by atoms with Gasteiger partial charge in [0.15, 0.2) is 0 Å². The van der Waals surface area contributed by atoms with Crippen LogP contribution in [0.5, 0.6) is 0 Å². The van der Waals surface area contributed by atoms with Crippen LogP contribution in [-0.2, 0) is 10.2 Å². The zero-order valence-electron chi connectivity index (χ0n) is 10.4. The van der Waals surface area contributed by atoms with Gasteiger partial charge in [0, 0.05) is 18.9 Å². The fraction of sp³-hybridized carbons (Fsp3) is 0.700. The first-order chi connectivity index (χ1) is 7.94.